The number of benzene rings is 3. The van der Waals surface area contributed by atoms with Gasteiger partial charge in [0.05, 0.1) is 6.04 Å². The highest BCUT2D eigenvalue weighted by Crippen LogP contribution is 2.24. The van der Waals surface area contributed by atoms with Crippen LogP contribution in [0.3, 0.4) is 0 Å². The molecule has 6 rings (SSSR count). The molecule has 0 fully saturated rings. The molecule has 30 N–H and O–H groups in total. The van der Waals surface area contributed by atoms with Crippen LogP contribution in [0.4, 0.5) is 0 Å². The number of carbonyl (C=O) groups is 12. The molecule has 0 unspecified atom stereocenters. The first-order valence-electron chi connectivity index (χ1n) is 43.3. The monoisotopic (exact) mass is 1680 g/mol. The Balaban J connectivity index is 1.27. The average Bonchev–Trinajstić information content (AvgIpc) is 1.70. The van der Waals surface area contributed by atoms with E-state index in [9.17, 15) is 28.8 Å². The summed E-state index contributed by atoms with van der Waals surface area (Å²) in [5, 5.41) is 33.8. The molecule has 0 bridgehead atoms. The Labute approximate surface area is 710 Å². The van der Waals surface area contributed by atoms with Gasteiger partial charge in [0.25, 0.3) is 0 Å². The SMILES string of the molecule is CC(C)C[C@H](NC(=O)[C@H](CCCCN)NC(=O)[C@H](Cc1c[nH]c2ccccc12)NC(=O)[C@H](CCCCN)NC(=O)[C@H](CC(C)C)NC(=O)[C@H](CCCCN)NC(=O)[C@H](Cc1c[nH]c2ccccc12)NC(=O)[C@H](CCCCN)NC(=O)[C@H](CC(C)C)NC(=O)[C@H](CCCCN)NC(=O)[C@@H](N)Cc1c[nH]c2ccccc12)C(=O)N[C@@H](CCCCN)C(N)=O. The summed E-state index contributed by atoms with van der Waals surface area (Å²) in [6.45, 7) is 12.8. The number of H-pyrrole nitrogens is 3. The van der Waals surface area contributed by atoms with Crippen molar-refractivity contribution in [3.63, 3.8) is 0 Å². The van der Waals surface area contributed by atoms with Crippen LogP contribution in [-0.4, -0.2) is 198 Å². The van der Waals surface area contributed by atoms with Crippen LogP contribution in [0.2, 0.25) is 0 Å². The molecule has 0 aliphatic heterocycles. The number of nitrogens with two attached hydrogens (primary N) is 8. The number of rotatable bonds is 59. The molecule has 0 radical (unpaired) electrons. The standard InChI is InChI=1S/C87H138N22O12/c1-52(2)43-71(83(117)99-65(76(95)110)31-13-19-37-88)105-79(113)67(33-15-21-39-90)103-86(120)74(47-56-50-97-63-29-11-8-26-59(56)63)108-82(116)70(36-18-24-42-93)102-85(119)73(45-54(5)6)107-80(114)68(34-16-22-40-91)104-87(121)75(48-57-51-98-64-30-12-9-27-60(57)64)109-81(115)69(35-17-23-41-92)101-84(118)72(44-53(3)4)106-78(112)66(32-14-20-38-89)100-77(111)61(94)46-55-49-96-62-28-10-7-25-58(55)62/h7-12,25-30,49-54,61,65-75,96-98H,13-24,31-48,88-94H2,1-6H3,(H2,95,110)(H,99,117)(H,100,111)(H,101,118)(H,102,119)(H,103,120)(H,104,121)(H,105,113)(H,106,112)(H,107,114)(H,108,116)(H,109,115)/t61-,65-,66-,67-,68-,69-,70-,71-,72-,73-,74-,75-/m0/s1. The first-order chi connectivity index (χ1) is 58.0. The van der Waals surface area contributed by atoms with Crippen LogP contribution < -0.4 is 104 Å². The summed E-state index contributed by atoms with van der Waals surface area (Å²) in [7, 11) is 0. The van der Waals surface area contributed by atoms with Crippen molar-refractivity contribution in [1.29, 1.82) is 0 Å². The van der Waals surface area contributed by atoms with Crippen molar-refractivity contribution >= 4 is 104 Å². The molecule has 12 atom stereocenters. The maximum Gasteiger partial charge on any atom is 0.243 e. The molecule has 3 aromatic carbocycles. The van der Waals surface area contributed by atoms with Gasteiger partial charge in [0.1, 0.15) is 66.5 Å². The molecule has 121 heavy (non-hydrogen) atoms. The first kappa shape index (κ1) is 99.5. The summed E-state index contributed by atoms with van der Waals surface area (Å²) in [5.41, 5.74) is 52.1. The number of amides is 12. The molecule has 0 aliphatic carbocycles. The van der Waals surface area contributed by atoms with Crippen LogP contribution >= 0.6 is 0 Å². The summed E-state index contributed by atoms with van der Waals surface area (Å²) in [6.07, 6.45) is 11.2. The van der Waals surface area contributed by atoms with Gasteiger partial charge in [-0.3, -0.25) is 57.5 Å². The Morgan fingerprint density at radius 1 is 0.273 bits per heavy atom. The molecule has 34 heteroatoms. The van der Waals surface area contributed by atoms with Gasteiger partial charge in [-0.25, -0.2) is 0 Å². The van der Waals surface area contributed by atoms with E-state index in [2.05, 4.69) is 73.4 Å². The Bertz CT molecular complexity index is 4270. The molecule has 0 spiro atoms. The minimum absolute atomic E-state index is 0.00931. The number of fused-ring (bicyclic) bond motifs is 3. The number of aromatic amines is 3. The zero-order valence-electron chi connectivity index (χ0n) is 71.6. The summed E-state index contributed by atoms with van der Waals surface area (Å²) >= 11 is 0. The third kappa shape index (κ3) is 33.2. The molecular weight excluding hydrogens is 1550 g/mol. The normalized spacial score (nSPS) is 14.6. The Kier molecular flexibility index (Phi) is 43.4. The highest BCUT2D eigenvalue weighted by Gasteiger charge is 2.38. The van der Waals surface area contributed by atoms with Crippen molar-refractivity contribution < 1.29 is 57.5 Å². The zero-order valence-corrected chi connectivity index (χ0v) is 71.6. The number of carbonyl (C=O) groups excluding carboxylic acids is 12. The van der Waals surface area contributed by atoms with Gasteiger partial charge < -0.3 is 119 Å². The molecule has 34 nitrogen and oxygen atoms in total. The number of hydrogen-bond donors (Lipinski definition) is 22. The lowest BCUT2D eigenvalue weighted by atomic mass is 9.99. The van der Waals surface area contributed by atoms with E-state index in [1.54, 1.807) is 18.6 Å². The number of unbranched alkanes of at least 4 members (excludes halogenated alkanes) is 6. The van der Waals surface area contributed by atoms with Crippen LogP contribution in [0.25, 0.3) is 32.7 Å². The summed E-state index contributed by atoms with van der Waals surface area (Å²) in [4.78, 5) is 185. The number of hydrogen-bond acceptors (Lipinski definition) is 19. The van der Waals surface area contributed by atoms with E-state index in [1.807, 2.05) is 114 Å². The van der Waals surface area contributed by atoms with Gasteiger partial charge >= 0.3 is 0 Å². The Morgan fingerprint density at radius 3 is 0.736 bits per heavy atom. The van der Waals surface area contributed by atoms with Crippen LogP contribution in [0.1, 0.15) is 193 Å². The molecule has 12 amide bonds. The maximum atomic E-state index is 15.4. The average molecular weight is 1680 g/mol. The molecule has 6 aromatic rings. The molecule has 3 heterocycles. The largest absolute Gasteiger partial charge is 0.368 e. The highest BCUT2D eigenvalue weighted by atomic mass is 16.2. The molecule has 0 aliphatic rings. The topological polar surface area (TPSA) is 593 Å². The molecular formula is C87H138N22O12. The minimum Gasteiger partial charge on any atom is -0.368 e. The van der Waals surface area contributed by atoms with Crippen molar-refractivity contribution in [2.75, 3.05) is 39.3 Å². The fourth-order valence-corrected chi connectivity index (χ4v) is 14.8. The van der Waals surface area contributed by atoms with E-state index < -0.39 is 143 Å². The first-order valence-corrected chi connectivity index (χ1v) is 43.3. The van der Waals surface area contributed by atoms with Crippen LogP contribution in [-0.2, 0) is 76.8 Å². The minimum atomic E-state index is -1.43. The quantitative estimate of drug-likeness (QED) is 0.0243. The zero-order chi connectivity index (χ0) is 88.5. The smallest absolute Gasteiger partial charge is 0.243 e. The van der Waals surface area contributed by atoms with E-state index in [-0.39, 0.29) is 121 Å². The van der Waals surface area contributed by atoms with Crippen LogP contribution in [0.5, 0.6) is 0 Å². The maximum absolute atomic E-state index is 15.4. The van der Waals surface area contributed by atoms with Gasteiger partial charge in [0, 0.05) is 64.1 Å². The van der Waals surface area contributed by atoms with E-state index in [0.717, 1.165) is 38.3 Å². The molecule has 668 valence electrons. The predicted octanol–water partition coefficient (Wildman–Crippen LogP) is 2.22. The van der Waals surface area contributed by atoms with Crippen molar-refractivity contribution in [1.82, 2.24) is 73.4 Å². The second kappa shape index (κ2) is 52.7. The molecule has 0 saturated carbocycles. The molecule has 3 aromatic heterocycles. The second-order valence-corrected chi connectivity index (χ2v) is 33.0. The number of aromatic nitrogens is 3. The van der Waals surface area contributed by atoms with Crippen LogP contribution in [0, 0.1) is 17.8 Å². The Hall–Kier alpha value is -10.4. The highest BCUT2D eigenvalue weighted by molar-refractivity contribution is 6.00. The van der Waals surface area contributed by atoms with Gasteiger partial charge in [-0.05, 0) is 233 Å². The summed E-state index contributed by atoms with van der Waals surface area (Å²) in [6, 6.07) is 7.23. The third-order valence-electron chi connectivity index (χ3n) is 21.4. The summed E-state index contributed by atoms with van der Waals surface area (Å²) < 4.78 is 0. The van der Waals surface area contributed by atoms with Gasteiger partial charge in [-0.2, -0.15) is 0 Å². The molecule has 0 saturated heterocycles. The summed E-state index contributed by atoms with van der Waals surface area (Å²) in [5.74, 6) is -9.31. The van der Waals surface area contributed by atoms with E-state index in [1.165, 1.54) is 0 Å². The lowest BCUT2D eigenvalue weighted by Gasteiger charge is -2.29. The van der Waals surface area contributed by atoms with Gasteiger partial charge in [-0.15, -0.1) is 0 Å². The van der Waals surface area contributed by atoms with Crippen molar-refractivity contribution in [3.8, 4) is 0 Å². The van der Waals surface area contributed by atoms with E-state index in [0.29, 0.717) is 101 Å². The lowest BCUT2D eigenvalue weighted by molar-refractivity contribution is -0.136. The van der Waals surface area contributed by atoms with Crippen molar-refractivity contribution in [2.24, 2.45) is 63.6 Å². The van der Waals surface area contributed by atoms with Crippen LogP contribution in [0.15, 0.2) is 91.4 Å². The number of para-hydroxylation sites is 3. The lowest BCUT2D eigenvalue weighted by Crippen LogP contribution is -2.61. The number of nitrogens with one attached hydrogen (secondary N) is 14. The van der Waals surface area contributed by atoms with Crippen molar-refractivity contribution in [2.45, 2.75) is 268 Å². The van der Waals surface area contributed by atoms with Gasteiger partial charge in [0.15, 0.2) is 0 Å². The number of primary amides is 1. The third-order valence-corrected chi connectivity index (χ3v) is 21.4. The van der Waals surface area contributed by atoms with E-state index in [4.69, 9.17) is 45.9 Å². The fraction of sp³-hybridized carbons (Fsp3) is 0.586. The Morgan fingerprint density at radius 2 is 0.479 bits per heavy atom. The van der Waals surface area contributed by atoms with Gasteiger partial charge in [0.2, 0.25) is 70.9 Å². The van der Waals surface area contributed by atoms with Gasteiger partial charge in [-0.1, -0.05) is 96.1 Å². The second-order valence-electron chi connectivity index (χ2n) is 33.0. The predicted molar refractivity (Wildman–Crippen MR) is 470 cm³/mol. The fourth-order valence-electron chi connectivity index (χ4n) is 14.8. The van der Waals surface area contributed by atoms with E-state index >= 15 is 28.8 Å². The van der Waals surface area contributed by atoms with Crippen molar-refractivity contribution in [3.05, 3.63) is 108 Å².